The number of hydrogen-bond acceptors (Lipinski definition) is 5. The molecule has 2 N–H and O–H groups in total. The van der Waals surface area contributed by atoms with E-state index in [0.717, 1.165) is 69.6 Å². The molecule has 2 saturated heterocycles. The van der Waals surface area contributed by atoms with Gasteiger partial charge in [0.05, 0.1) is 24.9 Å². The first kappa shape index (κ1) is 23.2. The average Bonchev–Trinajstić information content (AvgIpc) is 3.11. The van der Waals surface area contributed by atoms with E-state index in [1.54, 1.807) is 0 Å². The highest BCUT2D eigenvalue weighted by molar-refractivity contribution is 14.0. The highest BCUT2D eigenvalue weighted by Crippen LogP contribution is 2.23. The van der Waals surface area contributed by atoms with Crippen molar-refractivity contribution in [2.45, 2.75) is 51.9 Å². The van der Waals surface area contributed by atoms with Crippen molar-refractivity contribution in [3.63, 3.8) is 0 Å². The van der Waals surface area contributed by atoms with Crippen LogP contribution in [0.2, 0.25) is 0 Å². The second-order valence-corrected chi connectivity index (χ2v) is 7.60. The maximum Gasteiger partial charge on any atom is 0.191 e. The van der Waals surface area contributed by atoms with Gasteiger partial charge in [0, 0.05) is 39.0 Å². The van der Waals surface area contributed by atoms with Crippen LogP contribution in [-0.4, -0.2) is 62.0 Å². The molecule has 0 aliphatic carbocycles. The number of halogens is 1. The summed E-state index contributed by atoms with van der Waals surface area (Å²) in [4.78, 5) is 11.6. The Morgan fingerprint density at radius 1 is 1.36 bits per heavy atom. The topological polar surface area (TPSA) is 71.0 Å². The van der Waals surface area contributed by atoms with Gasteiger partial charge >= 0.3 is 0 Å². The fraction of sp³-hybridized carbons (Fsp3) is 0.700. The van der Waals surface area contributed by atoms with Crippen LogP contribution in [0.4, 0.5) is 5.82 Å². The van der Waals surface area contributed by atoms with Crippen LogP contribution in [-0.2, 0) is 16.0 Å². The van der Waals surface area contributed by atoms with Crippen LogP contribution in [0, 0.1) is 0 Å². The summed E-state index contributed by atoms with van der Waals surface area (Å²) in [6.45, 7) is 11.9. The SMILES string of the molecule is CCNC(=NCc1ccc(N2CCOC(C)C2)nc1)NCC1(C)CCCO1.I. The molecule has 158 valence electrons. The Hall–Kier alpha value is -1.13. The highest BCUT2D eigenvalue weighted by atomic mass is 127. The Bertz CT molecular complexity index is 620. The van der Waals surface area contributed by atoms with E-state index >= 15 is 0 Å². The minimum Gasteiger partial charge on any atom is -0.375 e. The molecule has 0 saturated carbocycles. The molecule has 1 aromatic rings. The van der Waals surface area contributed by atoms with Gasteiger partial charge in [-0.3, -0.25) is 0 Å². The number of morpholine rings is 1. The van der Waals surface area contributed by atoms with E-state index in [4.69, 9.17) is 14.5 Å². The molecule has 0 aromatic carbocycles. The molecule has 0 spiro atoms. The summed E-state index contributed by atoms with van der Waals surface area (Å²) in [6, 6.07) is 4.19. The zero-order chi connectivity index (χ0) is 19.1. The van der Waals surface area contributed by atoms with Gasteiger partial charge in [-0.05, 0) is 45.2 Å². The Morgan fingerprint density at radius 3 is 2.86 bits per heavy atom. The average molecular weight is 503 g/mol. The third-order valence-corrected chi connectivity index (χ3v) is 5.07. The van der Waals surface area contributed by atoms with Crippen molar-refractivity contribution in [1.82, 2.24) is 15.6 Å². The van der Waals surface area contributed by atoms with Gasteiger partial charge in [-0.2, -0.15) is 0 Å². The molecule has 2 atom stereocenters. The number of ether oxygens (including phenoxy) is 2. The maximum absolute atomic E-state index is 5.84. The number of hydrogen-bond donors (Lipinski definition) is 2. The summed E-state index contributed by atoms with van der Waals surface area (Å²) >= 11 is 0. The van der Waals surface area contributed by atoms with Crippen molar-refractivity contribution in [2.75, 3.05) is 44.3 Å². The van der Waals surface area contributed by atoms with E-state index in [0.29, 0.717) is 6.54 Å². The summed E-state index contributed by atoms with van der Waals surface area (Å²) in [7, 11) is 0. The van der Waals surface area contributed by atoms with E-state index < -0.39 is 0 Å². The molecule has 8 heteroatoms. The number of pyridine rings is 1. The predicted octanol–water partition coefficient (Wildman–Crippen LogP) is 2.55. The molecule has 28 heavy (non-hydrogen) atoms. The standard InChI is InChI=1S/C20H33N5O2.HI/c1-4-21-19(24-15-20(3)8-5-10-27-20)23-13-17-6-7-18(22-12-17)25-9-11-26-16(2)14-25;/h6-7,12,16H,4-5,8-11,13-15H2,1-3H3,(H2,21,23,24);1H. The van der Waals surface area contributed by atoms with E-state index in [2.05, 4.69) is 53.4 Å². The van der Waals surface area contributed by atoms with Gasteiger partial charge in [-0.1, -0.05) is 6.07 Å². The number of rotatable bonds is 6. The normalized spacial score (nSPS) is 25.3. The Labute approximate surface area is 185 Å². The van der Waals surface area contributed by atoms with Crippen molar-refractivity contribution < 1.29 is 9.47 Å². The maximum atomic E-state index is 5.84. The highest BCUT2D eigenvalue weighted by Gasteiger charge is 2.29. The molecule has 0 amide bonds. The molecule has 0 bridgehead atoms. The van der Waals surface area contributed by atoms with Crippen LogP contribution in [0.15, 0.2) is 23.3 Å². The van der Waals surface area contributed by atoms with Gasteiger partial charge in [0.15, 0.2) is 5.96 Å². The second-order valence-electron chi connectivity index (χ2n) is 7.60. The first-order chi connectivity index (χ1) is 13.1. The summed E-state index contributed by atoms with van der Waals surface area (Å²) in [5.74, 6) is 1.83. The number of guanidine groups is 1. The molecule has 7 nitrogen and oxygen atoms in total. The summed E-state index contributed by atoms with van der Waals surface area (Å²) in [5, 5.41) is 6.72. The molecular weight excluding hydrogens is 469 g/mol. The minimum atomic E-state index is -0.0886. The van der Waals surface area contributed by atoms with Crippen molar-refractivity contribution in [3.8, 4) is 0 Å². The van der Waals surface area contributed by atoms with Crippen LogP contribution in [0.25, 0.3) is 0 Å². The van der Waals surface area contributed by atoms with Crippen LogP contribution < -0.4 is 15.5 Å². The Balaban J connectivity index is 0.00000280. The second kappa shape index (κ2) is 11.2. The van der Waals surface area contributed by atoms with Gasteiger partial charge < -0.3 is 25.0 Å². The zero-order valence-corrected chi connectivity index (χ0v) is 19.6. The zero-order valence-electron chi connectivity index (χ0n) is 17.2. The lowest BCUT2D eigenvalue weighted by atomic mass is 10.0. The van der Waals surface area contributed by atoms with Crippen LogP contribution in [0.3, 0.4) is 0 Å². The van der Waals surface area contributed by atoms with Crippen molar-refractivity contribution >= 4 is 35.8 Å². The minimum absolute atomic E-state index is 0. The first-order valence-electron chi connectivity index (χ1n) is 10.1. The summed E-state index contributed by atoms with van der Waals surface area (Å²) in [5.41, 5.74) is 1.01. The molecule has 0 radical (unpaired) electrons. The summed E-state index contributed by atoms with van der Waals surface area (Å²) < 4.78 is 11.4. The Morgan fingerprint density at radius 2 is 2.21 bits per heavy atom. The molecule has 2 aliphatic rings. The number of anilines is 1. The number of aliphatic imine (C=N–C) groups is 1. The van der Waals surface area contributed by atoms with Crippen molar-refractivity contribution in [1.29, 1.82) is 0 Å². The monoisotopic (exact) mass is 503 g/mol. The quantitative estimate of drug-likeness (QED) is 0.354. The fourth-order valence-electron chi connectivity index (χ4n) is 3.48. The molecule has 2 aliphatic heterocycles. The lowest BCUT2D eigenvalue weighted by molar-refractivity contribution is 0.0243. The Kier molecular flexibility index (Phi) is 9.23. The molecule has 3 rings (SSSR count). The van der Waals surface area contributed by atoms with Gasteiger partial charge in [0.2, 0.25) is 0 Å². The van der Waals surface area contributed by atoms with Crippen molar-refractivity contribution in [3.05, 3.63) is 23.9 Å². The molecule has 1 aromatic heterocycles. The molecule has 2 fully saturated rings. The number of nitrogens with one attached hydrogen (secondary N) is 2. The largest absolute Gasteiger partial charge is 0.375 e. The summed E-state index contributed by atoms with van der Waals surface area (Å²) in [6.07, 6.45) is 4.39. The van der Waals surface area contributed by atoms with E-state index in [9.17, 15) is 0 Å². The first-order valence-corrected chi connectivity index (χ1v) is 10.1. The van der Waals surface area contributed by atoms with Crippen LogP contribution >= 0.6 is 24.0 Å². The van der Waals surface area contributed by atoms with Gasteiger partial charge in [0.1, 0.15) is 5.82 Å². The third-order valence-electron chi connectivity index (χ3n) is 5.07. The predicted molar refractivity (Wildman–Crippen MR) is 124 cm³/mol. The third kappa shape index (κ3) is 6.73. The van der Waals surface area contributed by atoms with E-state index in [-0.39, 0.29) is 35.7 Å². The van der Waals surface area contributed by atoms with Gasteiger partial charge in [0.25, 0.3) is 0 Å². The number of aromatic nitrogens is 1. The molecule has 2 unspecified atom stereocenters. The van der Waals surface area contributed by atoms with Crippen LogP contribution in [0.1, 0.15) is 39.2 Å². The van der Waals surface area contributed by atoms with Gasteiger partial charge in [-0.15, -0.1) is 24.0 Å². The number of nitrogens with zero attached hydrogens (tertiary/aromatic N) is 3. The molecular formula is C20H34IN5O2. The molecule has 3 heterocycles. The van der Waals surface area contributed by atoms with E-state index in [1.807, 2.05) is 6.20 Å². The lowest BCUT2D eigenvalue weighted by Crippen LogP contribution is -2.45. The van der Waals surface area contributed by atoms with Crippen LogP contribution in [0.5, 0.6) is 0 Å². The smallest absolute Gasteiger partial charge is 0.191 e. The van der Waals surface area contributed by atoms with E-state index in [1.165, 1.54) is 0 Å². The lowest BCUT2D eigenvalue weighted by Gasteiger charge is -2.32. The fourth-order valence-corrected chi connectivity index (χ4v) is 3.48. The van der Waals surface area contributed by atoms with Crippen molar-refractivity contribution in [2.24, 2.45) is 4.99 Å². The van der Waals surface area contributed by atoms with Gasteiger partial charge in [-0.25, -0.2) is 9.98 Å².